The molecule has 1 amide bonds. The number of hydrogen-bond acceptors (Lipinski definition) is 3. The van der Waals surface area contributed by atoms with Crippen molar-refractivity contribution in [2.45, 2.75) is 45.4 Å². The molecule has 0 radical (unpaired) electrons. The van der Waals surface area contributed by atoms with Crippen LogP contribution in [0, 0.1) is 11.3 Å². The maximum atomic E-state index is 12.4. The van der Waals surface area contributed by atoms with Crippen LogP contribution in [0.1, 0.15) is 45.4 Å². The van der Waals surface area contributed by atoms with E-state index in [0.29, 0.717) is 31.7 Å². The van der Waals surface area contributed by atoms with E-state index in [1.54, 1.807) is 0 Å². The van der Waals surface area contributed by atoms with Crippen molar-refractivity contribution in [1.82, 2.24) is 4.90 Å². The first-order valence-corrected chi connectivity index (χ1v) is 8.82. The Kier molecular flexibility index (Phi) is 5.35. The zero-order valence-corrected chi connectivity index (χ0v) is 13.1. The molecule has 5 heteroatoms. The Morgan fingerprint density at radius 2 is 2.05 bits per heavy atom. The first-order valence-electron chi connectivity index (χ1n) is 7.66. The van der Waals surface area contributed by atoms with E-state index < -0.39 is 11.4 Å². The molecule has 0 aromatic carbocycles. The number of carbonyl (C=O) groups is 2. The van der Waals surface area contributed by atoms with Crippen LogP contribution < -0.4 is 0 Å². The molecule has 2 heterocycles. The Morgan fingerprint density at radius 1 is 1.35 bits per heavy atom. The molecule has 0 aromatic rings. The van der Waals surface area contributed by atoms with Gasteiger partial charge in [0.1, 0.15) is 0 Å². The van der Waals surface area contributed by atoms with Gasteiger partial charge in [-0.05, 0) is 49.5 Å². The van der Waals surface area contributed by atoms with Crippen molar-refractivity contribution in [3.05, 3.63) is 0 Å². The third-order valence-corrected chi connectivity index (χ3v) is 5.91. The molecule has 0 aliphatic carbocycles. The van der Waals surface area contributed by atoms with Gasteiger partial charge in [-0.3, -0.25) is 9.59 Å². The summed E-state index contributed by atoms with van der Waals surface area (Å²) in [7, 11) is 0. The molecule has 0 bridgehead atoms. The van der Waals surface area contributed by atoms with E-state index >= 15 is 0 Å². The molecule has 4 nitrogen and oxygen atoms in total. The van der Waals surface area contributed by atoms with Crippen LogP contribution in [0.25, 0.3) is 0 Å². The predicted molar refractivity (Wildman–Crippen MR) is 80.8 cm³/mol. The molecule has 0 saturated carbocycles. The van der Waals surface area contributed by atoms with Crippen molar-refractivity contribution < 1.29 is 14.7 Å². The van der Waals surface area contributed by atoms with Gasteiger partial charge in [0.25, 0.3) is 0 Å². The summed E-state index contributed by atoms with van der Waals surface area (Å²) in [6.07, 6.45) is 4.98. The molecule has 2 aliphatic heterocycles. The summed E-state index contributed by atoms with van der Waals surface area (Å²) in [5.41, 5.74) is -0.712. The molecule has 0 aromatic heterocycles. The fraction of sp³-hybridized carbons (Fsp3) is 0.867. The van der Waals surface area contributed by atoms with Crippen molar-refractivity contribution in [2.24, 2.45) is 11.3 Å². The Labute approximate surface area is 125 Å². The lowest BCUT2D eigenvalue weighted by Crippen LogP contribution is -2.50. The number of thioether (sulfide) groups is 1. The number of amides is 1. The maximum Gasteiger partial charge on any atom is 0.311 e. The minimum absolute atomic E-state index is 0.167. The summed E-state index contributed by atoms with van der Waals surface area (Å²) in [4.78, 5) is 25.8. The first-order chi connectivity index (χ1) is 9.57. The molecule has 1 N–H and O–H groups in total. The summed E-state index contributed by atoms with van der Waals surface area (Å²) in [6, 6.07) is 0. The number of carbonyl (C=O) groups excluding carboxylic acids is 1. The van der Waals surface area contributed by atoms with Crippen LogP contribution in [0.3, 0.4) is 0 Å². The molecule has 1 unspecified atom stereocenters. The van der Waals surface area contributed by atoms with Crippen LogP contribution >= 0.6 is 11.8 Å². The predicted octanol–water partition coefficient (Wildman–Crippen LogP) is 2.62. The monoisotopic (exact) mass is 299 g/mol. The average molecular weight is 299 g/mol. The Morgan fingerprint density at radius 3 is 2.65 bits per heavy atom. The van der Waals surface area contributed by atoms with Gasteiger partial charge >= 0.3 is 5.97 Å². The number of nitrogens with zero attached hydrogens (tertiary/aromatic N) is 1. The van der Waals surface area contributed by atoms with E-state index in [1.165, 1.54) is 0 Å². The SMILES string of the molecule is CCC1(C(=O)O)CCCN(C(=O)CC2CCSCC2)C1. The van der Waals surface area contributed by atoms with Crippen molar-refractivity contribution in [3.8, 4) is 0 Å². The van der Waals surface area contributed by atoms with Crippen molar-refractivity contribution in [1.29, 1.82) is 0 Å². The van der Waals surface area contributed by atoms with E-state index in [4.69, 9.17) is 0 Å². The molecular formula is C15H25NO3S. The van der Waals surface area contributed by atoms with E-state index in [1.807, 2.05) is 23.6 Å². The lowest BCUT2D eigenvalue weighted by atomic mass is 9.77. The first kappa shape index (κ1) is 15.7. The zero-order valence-electron chi connectivity index (χ0n) is 12.3. The molecule has 0 spiro atoms. The highest BCUT2D eigenvalue weighted by Gasteiger charge is 2.42. The van der Waals surface area contributed by atoms with E-state index in [-0.39, 0.29) is 5.91 Å². The smallest absolute Gasteiger partial charge is 0.311 e. The fourth-order valence-corrected chi connectivity index (χ4v) is 4.49. The summed E-state index contributed by atoms with van der Waals surface area (Å²) in [5.74, 6) is 2.25. The molecule has 2 rings (SSSR count). The summed E-state index contributed by atoms with van der Waals surface area (Å²) in [5, 5.41) is 9.47. The van der Waals surface area contributed by atoms with E-state index in [2.05, 4.69) is 0 Å². The number of carboxylic acids is 1. The molecule has 2 saturated heterocycles. The second kappa shape index (κ2) is 6.83. The molecule has 2 fully saturated rings. The highest BCUT2D eigenvalue weighted by atomic mass is 32.2. The van der Waals surface area contributed by atoms with Crippen LogP contribution in [0.4, 0.5) is 0 Å². The maximum absolute atomic E-state index is 12.4. The van der Waals surface area contributed by atoms with Crippen LogP contribution in [-0.2, 0) is 9.59 Å². The Hall–Kier alpha value is -0.710. The lowest BCUT2D eigenvalue weighted by Gasteiger charge is -2.40. The van der Waals surface area contributed by atoms with Gasteiger partial charge in [-0.1, -0.05) is 6.92 Å². The quantitative estimate of drug-likeness (QED) is 0.867. The van der Waals surface area contributed by atoms with Crippen molar-refractivity contribution in [3.63, 3.8) is 0 Å². The standard InChI is InChI=1S/C15H25NO3S/c1-2-15(14(18)19)6-3-7-16(11-15)13(17)10-12-4-8-20-9-5-12/h12H,2-11H2,1H3,(H,18,19). The molecule has 1 atom stereocenters. The second-order valence-electron chi connectivity index (χ2n) is 6.12. The number of carboxylic acid groups (broad SMARTS) is 1. The van der Waals surface area contributed by atoms with Crippen LogP contribution in [0.15, 0.2) is 0 Å². The zero-order chi connectivity index (χ0) is 14.6. The molecular weight excluding hydrogens is 274 g/mol. The third kappa shape index (κ3) is 3.48. The summed E-state index contributed by atoms with van der Waals surface area (Å²) < 4.78 is 0. The van der Waals surface area contributed by atoms with Gasteiger partial charge in [-0.15, -0.1) is 0 Å². The van der Waals surface area contributed by atoms with E-state index in [9.17, 15) is 14.7 Å². The van der Waals surface area contributed by atoms with Gasteiger partial charge in [-0.2, -0.15) is 11.8 Å². The topological polar surface area (TPSA) is 57.6 Å². The number of likely N-dealkylation sites (tertiary alicyclic amines) is 1. The van der Waals surface area contributed by atoms with Gasteiger partial charge in [-0.25, -0.2) is 0 Å². The Balaban J connectivity index is 1.93. The van der Waals surface area contributed by atoms with Gasteiger partial charge in [0, 0.05) is 19.5 Å². The summed E-state index contributed by atoms with van der Waals surface area (Å²) >= 11 is 1.97. The Bertz CT molecular complexity index is 368. The van der Waals surface area contributed by atoms with Crippen molar-refractivity contribution in [2.75, 3.05) is 24.6 Å². The highest BCUT2D eigenvalue weighted by Crippen LogP contribution is 2.34. The fourth-order valence-electron chi connectivity index (χ4n) is 3.29. The molecule has 2 aliphatic rings. The van der Waals surface area contributed by atoms with Crippen LogP contribution in [0.5, 0.6) is 0 Å². The van der Waals surface area contributed by atoms with Crippen LogP contribution in [-0.4, -0.2) is 46.5 Å². The number of hydrogen-bond donors (Lipinski definition) is 1. The van der Waals surface area contributed by atoms with Gasteiger partial charge in [0.15, 0.2) is 0 Å². The second-order valence-corrected chi connectivity index (χ2v) is 7.34. The molecule has 20 heavy (non-hydrogen) atoms. The van der Waals surface area contributed by atoms with E-state index in [0.717, 1.165) is 37.3 Å². The largest absolute Gasteiger partial charge is 0.481 e. The normalized spacial score (nSPS) is 28.4. The van der Waals surface area contributed by atoms with Gasteiger partial charge < -0.3 is 10.0 Å². The minimum Gasteiger partial charge on any atom is -0.481 e. The molecule has 114 valence electrons. The van der Waals surface area contributed by atoms with Gasteiger partial charge in [0.2, 0.25) is 5.91 Å². The third-order valence-electron chi connectivity index (χ3n) is 4.86. The van der Waals surface area contributed by atoms with Crippen molar-refractivity contribution >= 4 is 23.6 Å². The van der Waals surface area contributed by atoms with Gasteiger partial charge in [0.05, 0.1) is 5.41 Å². The average Bonchev–Trinajstić information content (AvgIpc) is 2.48. The van der Waals surface area contributed by atoms with Crippen LogP contribution in [0.2, 0.25) is 0 Å². The highest BCUT2D eigenvalue weighted by molar-refractivity contribution is 7.99. The summed E-state index contributed by atoms with van der Waals surface area (Å²) in [6.45, 7) is 3.05. The minimum atomic E-state index is -0.744. The lowest BCUT2D eigenvalue weighted by molar-refractivity contribution is -0.155. The number of rotatable bonds is 4. The number of piperidine rings is 1. The number of aliphatic carboxylic acids is 1.